The van der Waals surface area contributed by atoms with Gasteiger partial charge in [-0.15, -0.1) is 0 Å². The predicted octanol–water partition coefficient (Wildman–Crippen LogP) is 4.69. The first-order valence-electron chi connectivity index (χ1n) is 10.4. The van der Waals surface area contributed by atoms with Gasteiger partial charge in [0.15, 0.2) is 0 Å². The highest BCUT2D eigenvalue weighted by Crippen LogP contribution is 2.34. The molecule has 1 aliphatic rings. The minimum Gasteiger partial charge on any atom is -0.489 e. The van der Waals surface area contributed by atoms with Gasteiger partial charge >= 0.3 is 5.97 Å². The Kier molecular flexibility index (Phi) is 6.40. The summed E-state index contributed by atoms with van der Waals surface area (Å²) in [5.74, 6) is -0.00622. The maximum Gasteiger partial charge on any atom is 0.320 e. The molecule has 2 aromatic carbocycles. The molecular weight excluding hydrogens is 376 g/mol. The number of piperidine rings is 1. The number of pyridine rings is 1. The van der Waals surface area contributed by atoms with Gasteiger partial charge in [0.2, 0.25) is 0 Å². The first-order valence-corrected chi connectivity index (χ1v) is 10.4. The van der Waals surface area contributed by atoms with Crippen molar-refractivity contribution in [1.29, 1.82) is 0 Å². The summed E-state index contributed by atoms with van der Waals surface area (Å²) >= 11 is 0. The number of hydrogen-bond donors (Lipinski definition) is 1. The van der Waals surface area contributed by atoms with Crippen LogP contribution in [0.3, 0.4) is 0 Å². The molecule has 3 aromatic rings. The summed E-state index contributed by atoms with van der Waals surface area (Å²) < 4.78 is 6.03. The third-order valence-corrected chi connectivity index (χ3v) is 5.55. The maximum atomic E-state index is 12.0. The van der Waals surface area contributed by atoms with E-state index in [1.165, 1.54) is 0 Å². The van der Waals surface area contributed by atoms with E-state index >= 15 is 0 Å². The zero-order valence-electron chi connectivity index (χ0n) is 16.9. The average molecular weight is 402 g/mol. The van der Waals surface area contributed by atoms with Crippen LogP contribution in [0.4, 0.5) is 0 Å². The van der Waals surface area contributed by atoms with Crippen molar-refractivity contribution in [3.05, 3.63) is 95.8 Å². The fraction of sp³-hybridized carbons (Fsp3) is 0.280. The van der Waals surface area contributed by atoms with Crippen molar-refractivity contribution < 1.29 is 14.6 Å². The number of ether oxygens (including phenoxy) is 1. The van der Waals surface area contributed by atoms with E-state index in [-0.39, 0.29) is 6.04 Å². The molecule has 0 spiro atoms. The van der Waals surface area contributed by atoms with Crippen molar-refractivity contribution in [2.75, 3.05) is 6.54 Å². The molecule has 1 saturated heterocycles. The van der Waals surface area contributed by atoms with E-state index in [0.717, 1.165) is 42.0 Å². The second kappa shape index (κ2) is 9.55. The molecule has 0 aliphatic carbocycles. The van der Waals surface area contributed by atoms with E-state index in [4.69, 9.17) is 4.74 Å². The molecular formula is C25H26N2O3. The largest absolute Gasteiger partial charge is 0.489 e. The Morgan fingerprint density at radius 3 is 2.67 bits per heavy atom. The molecule has 30 heavy (non-hydrogen) atoms. The number of aliphatic carboxylic acids is 1. The molecule has 5 nitrogen and oxygen atoms in total. The van der Waals surface area contributed by atoms with Gasteiger partial charge in [-0.25, -0.2) is 0 Å². The number of carbonyl (C=O) groups is 1. The molecule has 0 amide bonds. The zero-order valence-corrected chi connectivity index (χ0v) is 16.9. The third kappa shape index (κ3) is 4.69. The van der Waals surface area contributed by atoms with Gasteiger partial charge in [-0.05, 0) is 54.8 Å². The van der Waals surface area contributed by atoms with Crippen molar-refractivity contribution >= 4 is 5.97 Å². The molecule has 2 heterocycles. The first kappa shape index (κ1) is 20.1. The Bertz CT molecular complexity index is 962. The van der Waals surface area contributed by atoms with Crippen molar-refractivity contribution in [2.45, 2.75) is 38.0 Å². The van der Waals surface area contributed by atoms with Crippen LogP contribution >= 0.6 is 0 Å². The van der Waals surface area contributed by atoms with Crippen LogP contribution in [0, 0.1) is 0 Å². The lowest BCUT2D eigenvalue weighted by Crippen LogP contribution is -2.47. The summed E-state index contributed by atoms with van der Waals surface area (Å²) in [6, 6.07) is 23.0. The number of hydrogen-bond acceptors (Lipinski definition) is 4. The van der Waals surface area contributed by atoms with Gasteiger partial charge in [0, 0.05) is 6.20 Å². The zero-order chi connectivity index (χ0) is 20.8. The molecule has 1 fully saturated rings. The van der Waals surface area contributed by atoms with E-state index < -0.39 is 12.0 Å². The second-order valence-electron chi connectivity index (χ2n) is 7.59. The molecule has 5 heteroatoms. The van der Waals surface area contributed by atoms with Gasteiger partial charge in [0.05, 0.1) is 11.7 Å². The SMILES string of the molecule is O=C(O)C1CCCCN1C(c1cccc(OCc2ccccc2)c1)c1ccccn1. The van der Waals surface area contributed by atoms with Crippen LogP contribution in [-0.2, 0) is 11.4 Å². The number of nitrogens with zero attached hydrogens (tertiary/aromatic N) is 2. The predicted molar refractivity (Wildman–Crippen MR) is 115 cm³/mol. The van der Waals surface area contributed by atoms with E-state index in [9.17, 15) is 9.90 Å². The van der Waals surface area contributed by atoms with Gasteiger partial charge in [-0.1, -0.05) is 55.0 Å². The number of rotatable bonds is 7. The van der Waals surface area contributed by atoms with Crippen LogP contribution in [-0.4, -0.2) is 33.5 Å². The Morgan fingerprint density at radius 2 is 1.90 bits per heavy atom. The fourth-order valence-corrected chi connectivity index (χ4v) is 4.11. The van der Waals surface area contributed by atoms with Crippen molar-refractivity contribution in [2.24, 2.45) is 0 Å². The fourth-order valence-electron chi connectivity index (χ4n) is 4.11. The lowest BCUT2D eigenvalue weighted by Gasteiger charge is -2.39. The highest BCUT2D eigenvalue weighted by Gasteiger charge is 2.35. The maximum absolute atomic E-state index is 12.0. The van der Waals surface area contributed by atoms with Crippen molar-refractivity contribution in [3.63, 3.8) is 0 Å². The van der Waals surface area contributed by atoms with Gasteiger partial charge in [0.1, 0.15) is 18.4 Å². The van der Waals surface area contributed by atoms with Crippen LogP contribution in [0.5, 0.6) is 5.75 Å². The van der Waals surface area contributed by atoms with Crippen molar-refractivity contribution in [3.8, 4) is 5.75 Å². The summed E-state index contributed by atoms with van der Waals surface area (Å²) in [7, 11) is 0. The summed E-state index contributed by atoms with van der Waals surface area (Å²) in [6.45, 7) is 1.22. The van der Waals surface area contributed by atoms with E-state index in [2.05, 4.69) is 9.88 Å². The summed E-state index contributed by atoms with van der Waals surface area (Å²) in [6.07, 6.45) is 4.33. The summed E-state index contributed by atoms with van der Waals surface area (Å²) in [5, 5.41) is 9.83. The van der Waals surface area contributed by atoms with Crippen LogP contribution in [0.25, 0.3) is 0 Å². The molecule has 2 atom stereocenters. The molecule has 0 bridgehead atoms. The number of aromatic nitrogens is 1. The van der Waals surface area contributed by atoms with E-state index in [1.54, 1.807) is 6.20 Å². The molecule has 1 aliphatic heterocycles. The van der Waals surface area contributed by atoms with Gasteiger partial charge in [0.25, 0.3) is 0 Å². The van der Waals surface area contributed by atoms with Crippen molar-refractivity contribution in [1.82, 2.24) is 9.88 Å². The molecule has 0 saturated carbocycles. The summed E-state index contributed by atoms with van der Waals surface area (Å²) in [4.78, 5) is 18.6. The average Bonchev–Trinajstić information content (AvgIpc) is 2.80. The highest BCUT2D eigenvalue weighted by molar-refractivity contribution is 5.73. The van der Waals surface area contributed by atoms with Crippen LogP contribution in [0.2, 0.25) is 0 Å². The second-order valence-corrected chi connectivity index (χ2v) is 7.59. The van der Waals surface area contributed by atoms with Crippen LogP contribution in [0.15, 0.2) is 79.0 Å². The van der Waals surface area contributed by atoms with Crippen LogP contribution < -0.4 is 4.74 Å². The number of carboxylic acid groups (broad SMARTS) is 1. The van der Waals surface area contributed by atoms with Crippen LogP contribution in [0.1, 0.15) is 42.1 Å². The van der Waals surface area contributed by atoms with Gasteiger partial charge in [-0.3, -0.25) is 14.7 Å². The standard InChI is InChI=1S/C25H26N2O3/c28-25(29)23-14-5-7-16-27(23)24(22-13-4-6-15-26-22)20-11-8-12-21(17-20)30-18-19-9-2-1-3-10-19/h1-4,6,8-13,15,17,23-24H,5,7,14,16,18H2,(H,28,29). The van der Waals surface area contributed by atoms with E-state index in [1.807, 2.05) is 72.8 Å². The molecule has 0 radical (unpaired) electrons. The lowest BCUT2D eigenvalue weighted by atomic mass is 9.94. The Hall–Kier alpha value is -3.18. The molecule has 4 rings (SSSR count). The number of carboxylic acids is 1. The molecule has 154 valence electrons. The first-order chi connectivity index (χ1) is 14.7. The minimum absolute atomic E-state index is 0.229. The van der Waals surface area contributed by atoms with Gasteiger partial charge < -0.3 is 9.84 Å². The number of benzene rings is 2. The summed E-state index contributed by atoms with van der Waals surface area (Å²) in [5.41, 5.74) is 2.95. The molecule has 1 N–H and O–H groups in total. The monoisotopic (exact) mass is 402 g/mol. The quantitative estimate of drug-likeness (QED) is 0.621. The Morgan fingerprint density at radius 1 is 1.07 bits per heavy atom. The molecule has 1 aromatic heterocycles. The topological polar surface area (TPSA) is 62.7 Å². The molecule has 2 unspecified atom stereocenters. The number of likely N-dealkylation sites (tertiary alicyclic amines) is 1. The Labute approximate surface area is 177 Å². The smallest absolute Gasteiger partial charge is 0.320 e. The minimum atomic E-state index is -0.771. The van der Waals surface area contributed by atoms with E-state index in [0.29, 0.717) is 13.0 Å². The lowest BCUT2D eigenvalue weighted by molar-refractivity contribution is -0.145. The normalized spacial score (nSPS) is 17.9. The van der Waals surface area contributed by atoms with Gasteiger partial charge in [-0.2, -0.15) is 0 Å². The third-order valence-electron chi connectivity index (χ3n) is 5.55. The highest BCUT2D eigenvalue weighted by atomic mass is 16.5. The Balaban J connectivity index is 1.64.